The summed E-state index contributed by atoms with van der Waals surface area (Å²) < 4.78 is 5.69. The van der Waals surface area contributed by atoms with Crippen molar-refractivity contribution in [2.75, 3.05) is 17.7 Å². The number of hydrogen-bond acceptors (Lipinski definition) is 3. The van der Waals surface area contributed by atoms with Crippen LogP contribution in [0.3, 0.4) is 0 Å². The van der Waals surface area contributed by atoms with Crippen LogP contribution in [0.25, 0.3) is 0 Å². The van der Waals surface area contributed by atoms with Crippen molar-refractivity contribution in [3.8, 4) is 5.75 Å². The molecule has 1 aromatic rings. The lowest BCUT2D eigenvalue weighted by molar-refractivity contribution is -0.124. The average molecular weight is 248 g/mol. The van der Waals surface area contributed by atoms with Gasteiger partial charge in [-0.2, -0.15) is 0 Å². The van der Waals surface area contributed by atoms with Gasteiger partial charge in [0, 0.05) is 0 Å². The van der Waals surface area contributed by atoms with E-state index in [0.29, 0.717) is 29.6 Å². The summed E-state index contributed by atoms with van der Waals surface area (Å²) in [5, 5.41) is 2.90. The fourth-order valence-corrected chi connectivity index (χ4v) is 1.87. The third-order valence-corrected chi connectivity index (χ3v) is 3.25. The van der Waals surface area contributed by atoms with Crippen LogP contribution in [0.4, 0.5) is 11.4 Å². The van der Waals surface area contributed by atoms with Crippen molar-refractivity contribution in [1.29, 1.82) is 0 Å². The first kappa shape index (κ1) is 12.7. The van der Waals surface area contributed by atoms with Crippen LogP contribution in [-0.2, 0) is 4.79 Å². The first-order chi connectivity index (χ1) is 8.31. The molecule has 0 bridgehead atoms. The zero-order valence-electron chi connectivity index (χ0n) is 11.3. The first-order valence-corrected chi connectivity index (χ1v) is 6.19. The summed E-state index contributed by atoms with van der Waals surface area (Å²) in [6.07, 6.45) is 0. The van der Waals surface area contributed by atoms with E-state index in [1.165, 1.54) is 0 Å². The van der Waals surface area contributed by atoms with E-state index in [4.69, 9.17) is 10.5 Å². The molecule has 18 heavy (non-hydrogen) atoms. The molecular formula is C14H20N2O2. The van der Waals surface area contributed by atoms with Crippen LogP contribution in [0.5, 0.6) is 5.75 Å². The number of nitrogens with two attached hydrogens (primary N) is 1. The summed E-state index contributed by atoms with van der Waals surface area (Å²) in [4.78, 5) is 12.1. The summed E-state index contributed by atoms with van der Waals surface area (Å²) in [5.41, 5.74) is 7.80. The second-order valence-corrected chi connectivity index (χ2v) is 5.77. The van der Waals surface area contributed by atoms with Crippen LogP contribution in [0.2, 0.25) is 0 Å². The lowest BCUT2D eigenvalue weighted by atomic mass is 9.94. The number of fused-ring (bicyclic) bond motifs is 1. The molecule has 1 aliphatic rings. The topological polar surface area (TPSA) is 64.3 Å². The molecule has 0 spiro atoms. The smallest absolute Gasteiger partial charge is 0.233 e. The molecule has 0 atom stereocenters. The van der Waals surface area contributed by atoms with E-state index >= 15 is 0 Å². The molecule has 0 unspecified atom stereocenters. The fourth-order valence-electron chi connectivity index (χ4n) is 1.87. The molecule has 1 amide bonds. The maximum atomic E-state index is 12.1. The van der Waals surface area contributed by atoms with E-state index < -0.39 is 5.41 Å². The second-order valence-electron chi connectivity index (χ2n) is 5.77. The molecule has 0 fully saturated rings. The number of hydrogen-bond donors (Lipinski definition) is 2. The summed E-state index contributed by atoms with van der Waals surface area (Å²) in [6.45, 7) is 8.22. The van der Waals surface area contributed by atoms with E-state index in [9.17, 15) is 4.79 Å². The van der Waals surface area contributed by atoms with E-state index in [1.54, 1.807) is 0 Å². The minimum atomic E-state index is -0.552. The average Bonchev–Trinajstić information content (AvgIpc) is 2.37. The summed E-state index contributed by atoms with van der Waals surface area (Å²) in [7, 11) is 0. The molecule has 0 aromatic heterocycles. The maximum Gasteiger partial charge on any atom is 0.233 e. The highest BCUT2D eigenvalue weighted by Gasteiger charge is 2.33. The van der Waals surface area contributed by atoms with Gasteiger partial charge in [-0.3, -0.25) is 4.79 Å². The minimum Gasteiger partial charge on any atom is -0.488 e. The van der Waals surface area contributed by atoms with Crippen LogP contribution < -0.4 is 15.8 Å². The van der Waals surface area contributed by atoms with Crippen molar-refractivity contribution in [2.45, 2.75) is 33.6 Å². The Hall–Kier alpha value is -1.71. The molecule has 4 heteroatoms. The highest BCUT2D eigenvalue weighted by molar-refractivity contribution is 5.98. The van der Waals surface area contributed by atoms with Crippen LogP contribution in [0.15, 0.2) is 12.1 Å². The molecule has 1 aromatic carbocycles. The number of carbonyl (C=O) groups excluding carboxylic acids is 1. The third-order valence-electron chi connectivity index (χ3n) is 3.25. The summed E-state index contributed by atoms with van der Waals surface area (Å²) >= 11 is 0. The Labute approximate surface area is 108 Å². The highest BCUT2D eigenvalue weighted by atomic mass is 16.5. The van der Waals surface area contributed by atoms with Gasteiger partial charge in [0.25, 0.3) is 0 Å². The molecule has 1 aliphatic heterocycles. The van der Waals surface area contributed by atoms with E-state index in [1.807, 2.05) is 26.0 Å². The van der Waals surface area contributed by atoms with Gasteiger partial charge in [-0.1, -0.05) is 13.8 Å². The molecule has 0 radical (unpaired) electrons. The number of amides is 1. The van der Waals surface area contributed by atoms with Crippen LogP contribution in [0.1, 0.15) is 39.2 Å². The monoisotopic (exact) mass is 248 g/mol. The number of carbonyl (C=O) groups is 1. The van der Waals surface area contributed by atoms with Gasteiger partial charge < -0.3 is 15.8 Å². The number of anilines is 2. The number of rotatable bonds is 1. The van der Waals surface area contributed by atoms with Gasteiger partial charge in [0.2, 0.25) is 5.91 Å². The SMILES string of the molecule is CC(C)c1cc(N)c2c(c1)NC(=O)C(C)(C)CO2. The molecule has 0 saturated carbocycles. The van der Waals surface area contributed by atoms with Crippen LogP contribution in [0, 0.1) is 5.41 Å². The molecule has 0 saturated heterocycles. The Morgan fingerprint density at radius 3 is 2.67 bits per heavy atom. The van der Waals surface area contributed by atoms with Crippen molar-refractivity contribution in [3.63, 3.8) is 0 Å². The Bertz CT molecular complexity index is 493. The predicted octanol–water partition coefficient (Wildman–Crippen LogP) is 2.75. The molecule has 0 aliphatic carbocycles. The standard InChI is InChI=1S/C14H20N2O2/c1-8(2)9-5-10(15)12-11(6-9)16-13(17)14(3,4)7-18-12/h5-6,8H,7,15H2,1-4H3,(H,16,17). The second kappa shape index (κ2) is 4.19. The summed E-state index contributed by atoms with van der Waals surface area (Å²) in [5.74, 6) is 0.894. The Kier molecular flexibility index (Phi) is 2.97. The first-order valence-electron chi connectivity index (χ1n) is 6.19. The number of benzene rings is 1. The minimum absolute atomic E-state index is 0.0402. The lowest BCUT2D eigenvalue weighted by Crippen LogP contribution is -2.33. The van der Waals surface area contributed by atoms with Crippen LogP contribution >= 0.6 is 0 Å². The molecular weight excluding hydrogens is 228 g/mol. The zero-order chi connectivity index (χ0) is 13.5. The van der Waals surface area contributed by atoms with E-state index in [-0.39, 0.29) is 5.91 Å². The molecule has 2 rings (SSSR count). The summed E-state index contributed by atoms with van der Waals surface area (Å²) in [6, 6.07) is 3.85. The lowest BCUT2D eigenvalue weighted by Gasteiger charge is -2.18. The van der Waals surface area contributed by atoms with E-state index in [2.05, 4.69) is 19.2 Å². The quantitative estimate of drug-likeness (QED) is 0.751. The maximum absolute atomic E-state index is 12.1. The molecule has 98 valence electrons. The van der Waals surface area contributed by atoms with Gasteiger partial charge in [0.05, 0.1) is 16.8 Å². The number of nitrogens with one attached hydrogen (secondary N) is 1. The molecule has 4 nitrogen and oxygen atoms in total. The largest absolute Gasteiger partial charge is 0.488 e. The fraction of sp³-hybridized carbons (Fsp3) is 0.500. The normalized spacial score (nSPS) is 17.7. The van der Waals surface area contributed by atoms with Gasteiger partial charge in [-0.15, -0.1) is 0 Å². The van der Waals surface area contributed by atoms with Gasteiger partial charge >= 0.3 is 0 Å². The number of nitrogen functional groups attached to an aromatic ring is 1. The van der Waals surface area contributed by atoms with Gasteiger partial charge in [0.15, 0.2) is 5.75 Å². The predicted molar refractivity (Wildman–Crippen MR) is 72.8 cm³/mol. The Morgan fingerprint density at radius 2 is 2.06 bits per heavy atom. The van der Waals surface area contributed by atoms with Gasteiger partial charge in [-0.05, 0) is 37.5 Å². The van der Waals surface area contributed by atoms with Crippen LogP contribution in [-0.4, -0.2) is 12.5 Å². The van der Waals surface area contributed by atoms with Crippen molar-refractivity contribution < 1.29 is 9.53 Å². The molecule has 1 heterocycles. The van der Waals surface area contributed by atoms with Crippen molar-refractivity contribution in [3.05, 3.63) is 17.7 Å². The zero-order valence-corrected chi connectivity index (χ0v) is 11.3. The van der Waals surface area contributed by atoms with Crippen molar-refractivity contribution in [1.82, 2.24) is 0 Å². The van der Waals surface area contributed by atoms with Gasteiger partial charge in [-0.25, -0.2) is 0 Å². The third kappa shape index (κ3) is 2.15. The van der Waals surface area contributed by atoms with E-state index in [0.717, 1.165) is 5.56 Å². The highest BCUT2D eigenvalue weighted by Crippen LogP contribution is 2.39. The number of ether oxygens (including phenoxy) is 1. The Morgan fingerprint density at radius 1 is 1.39 bits per heavy atom. The Balaban J connectivity index is 2.48. The van der Waals surface area contributed by atoms with Gasteiger partial charge in [0.1, 0.15) is 6.61 Å². The molecule has 3 N–H and O–H groups in total. The van der Waals surface area contributed by atoms with Crippen molar-refractivity contribution >= 4 is 17.3 Å². The van der Waals surface area contributed by atoms with Crippen molar-refractivity contribution in [2.24, 2.45) is 5.41 Å².